The van der Waals surface area contributed by atoms with Crippen molar-refractivity contribution in [1.82, 2.24) is 9.78 Å². The van der Waals surface area contributed by atoms with Crippen LogP contribution in [0.4, 0.5) is 11.4 Å². The van der Waals surface area contributed by atoms with E-state index in [0.29, 0.717) is 18.8 Å². The Morgan fingerprint density at radius 2 is 2.05 bits per heavy atom. The first kappa shape index (κ1) is 14.4. The van der Waals surface area contributed by atoms with E-state index in [1.165, 1.54) is 4.68 Å². The fourth-order valence-electron chi connectivity index (χ4n) is 1.79. The van der Waals surface area contributed by atoms with E-state index in [1.807, 2.05) is 31.2 Å². The number of hydrogen-bond donors (Lipinski definition) is 2. The molecule has 1 aromatic heterocycles. The molecule has 0 radical (unpaired) electrons. The second-order valence-corrected chi connectivity index (χ2v) is 4.87. The Labute approximate surface area is 122 Å². The third-order valence-electron chi connectivity index (χ3n) is 2.88. The second kappa shape index (κ2) is 6.43. The molecule has 0 bridgehead atoms. The highest BCUT2D eigenvalue weighted by atomic mass is 35.5. The molecule has 0 atom stereocenters. The summed E-state index contributed by atoms with van der Waals surface area (Å²) in [4.78, 5) is 11.9. The fourth-order valence-corrected chi connectivity index (χ4v) is 2.01. The molecular weight excluding hydrogens is 276 g/mol. The van der Waals surface area contributed by atoms with Gasteiger partial charge in [0.05, 0.1) is 11.9 Å². The molecule has 3 N–H and O–H groups in total. The zero-order chi connectivity index (χ0) is 14.5. The van der Waals surface area contributed by atoms with Crippen LogP contribution in [0.2, 0.25) is 5.02 Å². The molecule has 0 saturated heterocycles. The Morgan fingerprint density at radius 1 is 1.35 bits per heavy atom. The van der Waals surface area contributed by atoms with Crippen LogP contribution in [0.1, 0.15) is 18.9 Å². The number of aryl methyl sites for hydroxylation is 1. The lowest BCUT2D eigenvalue weighted by molar-refractivity contribution is 0.568. The smallest absolute Gasteiger partial charge is 0.287 e. The molecule has 0 aliphatic carbocycles. The van der Waals surface area contributed by atoms with Crippen LogP contribution in [0.15, 0.2) is 35.3 Å². The minimum absolute atomic E-state index is 0.170. The maximum atomic E-state index is 11.9. The minimum atomic E-state index is -0.268. The van der Waals surface area contributed by atoms with Crippen molar-refractivity contribution >= 4 is 23.0 Å². The number of nitrogens with zero attached hydrogens (tertiary/aromatic N) is 2. The van der Waals surface area contributed by atoms with Crippen LogP contribution in [0, 0.1) is 0 Å². The van der Waals surface area contributed by atoms with Gasteiger partial charge >= 0.3 is 0 Å². The van der Waals surface area contributed by atoms with Crippen LogP contribution in [0.5, 0.6) is 0 Å². The minimum Gasteiger partial charge on any atom is -0.399 e. The molecule has 0 saturated carbocycles. The van der Waals surface area contributed by atoms with Gasteiger partial charge in [-0.2, -0.15) is 5.10 Å². The summed E-state index contributed by atoms with van der Waals surface area (Å²) in [5, 5.41) is 7.37. The number of nitrogens with two attached hydrogens (primary N) is 1. The largest absolute Gasteiger partial charge is 0.399 e. The third kappa shape index (κ3) is 3.30. The van der Waals surface area contributed by atoms with Gasteiger partial charge in [-0.25, -0.2) is 4.68 Å². The van der Waals surface area contributed by atoms with Crippen LogP contribution in [0.25, 0.3) is 0 Å². The first-order valence-electron chi connectivity index (χ1n) is 6.45. The van der Waals surface area contributed by atoms with Crippen molar-refractivity contribution in [3.8, 4) is 0 Å². The Hall–Kier alpha value is -2.01. The number of anilines is 2. The van der Waals surface area contributed by atoms with E-state index >= 15 is 0 Å². The van der Waals surface area contributed by atoms with Crippen LogP contribution in [-0.4, -0.2) is 9.78 Å². The molecular formula is C14H17ClN4O. The topological polar surface area (TPSA) is 72.9 Å². The number of hydrogen-bond acceptors (Lipinski definition) is 4. The Balaban J connectivity index is 2.12. The first-order valence-corrected chi connectivity index (χ1v) is 6.83. The van der Waals surface area contributed by atoms with Crippen LogP contribution in [0.3, 0.4) is 0 Å². The number of halogens is 1. The number of rotatable bonds is 5. The summed E-state index contributed by atoms with van der Waals surface area (Å²) < 4.78 is 1.37. The van der Waals surface area contributed by atoms with Gasteiger partial charge in [0.1, 0.15) is 5.02 Å². The van der Waals surface area contributed by atoms with E-state index in [4.69, 9.17) is 17.3 Å². The summed E-state index contributed by atoms with van der Waals surface area (Å²) in [5.41, 5.74) is 7.67. The molecule has 2 rings (SSSR count). The zero-order valence-electron chi connectivity index (χ0n) is 11.3. The lowest BCUT2D eigenvalue weighted by Gasteiger charge is -2.10. The van der Waals surface area contributed by atoms with Gasteiger partial charge in [-0.15, -0.1) is 0 Å². The molecule has 0 fully saturated rings. The van der Waals surface area contributed by atoms with Gasteiger partial charge in [0.2, 0.25) is 0 Å². The molecule has 0 aliphatic heterocycles. The molecule has 0 aliphatic rings. The van der Waals surface area contributed by atoms with Crippen LogP contribution >= 0.6 is 11.6 Å². The van der Waals surface area contributed by atoms with Crippen molar-refractivity contribution in [2.24, 2.45) is 0 Å². The quantitative estimate of drug-likeness (QED) is 0.831. The van der Waals surface area contributed by atoms with E-state index in [2.05, 4.69) is 10.4 Å². The SMILES string of the molecule is CCCn1ncc(NCc2ccc(N)cc2)c(Cl)c1=O. The van der Waals surface area contributed by atoms with E-state index in [-0.39, 0.29) is 10.6 Å². The van der Waals surface area contributed by atoms with Gasteiger partial charge in [0.15, 0.2) is 0 Å². The lowest BCUT2D eigenvalue weighted by atomic mass is 10.2. The second-order valence-electron chi connectivity index (χ2n) is 4.50. The summed E-state index contributed by atoms with van der Waals surface area (Å²) in [6.07, 6.45) is 2.41. The molecule has 2 aromatic rings. The number of benzene rings is 1. The van der Waals surface area contributed by atoms with Crippen molar-refractivity contribution in [3.63, 3.8) is 0 Å². The predicted octanol–water partition coefficient (Wildman–Crippen LogP) is 2.50. The molecule has 6 heteroatoms. The molecule has 0 spiro atoms. The van der Waals surface area contributed by atoms with Crippen molar-refractivity contribution in [1.29, 1.82) is 0 Å². The van der Waals surface area contributed by atoms with Gasteiger partial charge in [0, 0.05) is 18.8 Å². The molecule has 1 aromatic carbocycles. The highest BCUT2D eigenvalue weighted by Gasteiger charge is 2.08. The predicted molar refractivity (Wildman–Crippen MR) is 82.0 cm³/mol. The standard InChI is InChI=1S/C14H17ClN4O/c1-2-7-19-14(20)13(15)12(9-18-19)17-8-10-3-5-11(16)6-4-10/h3-6,9,17H,2,7-8,16H2,1H3. The van der Waals surface area contributed by atoms with Crippen molar-refractivity contribution < 1.29 is 0 Å². The summed E-state index contributed by atoms with van der Waals surface area (Å²) in [5.74, 6) is 0. The normalized spacial score (nSPS) is 10.5. The van der Waals surface area contributed by atoms with Crippen LogP contribution < -0.4 is 16.6 Å². The summed E-state index contributed by atoms with van der Waals surface area (Å²) in [6.45, 7) is 3.10. The first-order chi connectivity index (χ1) is 9.61. The highest BCUT2D eigenvalue weighted by Crippen LogP contribution is 2.16. The number of nitrogen functional groups attached to an aromatic ring is 1. The number of nitrogens with one attached hydrogen (secondary N) is 1. The zero-order valence-corrected chi connectivity index (χ0v) is 12.0. The van der Waals surface area contributed by atoms with E-state index in [9.17, 15) is 4.79 Å². The summed E-state index contributed by atoms with van der Waals surface area (Å²) in [6, 6.07) is 7.50. The average Bonchev–Trinajstić information content (AvgIpc) is 2.45. The van der Waals surface area contributed by atoms with Crippen molar-refractivity contribution in [3.05, 3.63) is 51.4 Å². The van der Waals surface area contributed by atoms with Gasteiger partial charge in [-0.3, -0.25) is 4.79 Å². The molecule has 1 heterocycles. The van der Waals surface area contributed by atoms with E-state index in [0.717, 1.165) is 17.7 Å². The van der Waals surface area contributed by atoms with E-state index in [1.54, 1.807) is 6.20 Å². The van der Waals surface area contributed by atoms with Gasteiger partial charge in [-0.1, -0.05) is 30.7 Å². The Bertz CT molecular complexity index is 637. The highest BCUT2D eigenvalue weighted by molar-refractivity contribution is 6.32. The summed E-state index contributed by atoms with van der Waals surface area (Å²) in [7, 11) is 0. The molecule has 5 nitrogen and oxygen atoms in total. The maximum absolute atomic E-state index is 11.9. The molecule has 106 valence electrons. The Morgan fingerprint density at radius 3 is 2.70 bits per heavy atom. The van der Waals surface area contributed by atoms with Gasteiger partial charge in [-0.05, 0) is 24.1 Å². The molecule has 20 heavy (non-hydrogen) atoms. The maximum Gasteiger partial charge on any atom is 0.287 e. The monoisotopic (exact) mass is 292 g/mol. The van der Waals surface area contributed by atoms with Crippen molar-refractivity contribution in [2.75, 3.05) is 11.1 Å². The van der Waals surface area contributed by atoms with E-state index < -0.39 is 0 Å². The van der Waals surface area contributed by atoms with Crippen LogP contribution in [-0.2, 0) is 13.1 Å². The third-order valence-corrected chi connectivity index (χ3v) is 3.25. The molecule has 0 amide bonds. The fraction of sp³-hybridized carbons (Fsp3) is 0.286. The number of aromatic nitrogens is 2. The summed E-state index contributed by atoms with van der Waals surface area (Å²) >= 11 is 6.07. The Kier molecular flexibility index (Phi) is 4.63. The molecule has 0 unspecified atom stereocenters. The van der Waals surface area contributed by atoms with Gasteiger partial charge in [0.25, 0.3) is 5.56 Å². The van der Waals surface area contributed by atoms with Gasteiger partial charge < -0.3 is 11.1 Å². The average molecular weight is 293 g/mol. The lowest BCUT2D eigenvalue weighted by Crippen LogP contribution is -2.24. The van der Waals surface area contributed by atoms with Crippen molar-refractivity contribution in [2.45, 2.75) is 26.4 Å².